The molecule has 1 fully saturated rings. The summed E-state index contributed by atoms with van der Waals surface area (Å²) in [6, 6.07) is 1.66. The molecule has 6 heteroatoms. The molecule has 1 saturated carbocycles. The maximum absolute atomic E-state index is 10.6. The standard InChI is InChI=1S/C12H18N2O2S2/c1-17-12(4-2-3-5-12)9-13-7-10-6-11(14(15)16)18-8-10/h6,8,13H,2-5,7,9H2,1H3. The fourth-order valence-corrected chi connectivity index (χ4v) is 4.13. The molecule has 0 saturated heterocycles. The van der Waals surface area contributed by atoms with Crippen LogP contribution in [0, 0.1) is 10.1 Å². The molecule has 4 nitrogen and oxygen atoms in total. The van der Waals surface area contributed by atoms with E-state index < -0.39 is 0 Å². The number of hydrogen-bond donors (Lipinski definition) is 1. The van der Waals surface area contributed by atoms with E-state index in [9.17, 15) is 10.1 Å². The Morgan fingerprint density at radius 2 is 2.28 bits per heavy atom. The number of nitrogens with zero attached hydrogens (tertiary/aromatic N) is 1. The van der Waals surface area contributed by atoms with Gasteiger partial charge in [0.1, 0.15) is 0 Å². The van der Waals surface area contributed by atoms with Crippen molar-refractivity contribution in [2.24, 2.45) is 0 Å². The smallest absolute Gasteiger partial charge is 0.311 e. The van der Waals surface area contributed by atoms with Crippen LogP contribution < -0.4 is 5.32 Å². The van der Waals surface area contributed by atoms with Crippen LogP contribution in [0.25, 0.3) is 0 Å². The van der Waals surface area contributed by atoms with Crippen molar-refractivity contribution in [3.8, 4) is 0 Å². The monoisotopic (exact) mass is 286 g/mol. The summed E-state index contributed by atoms with van der Waals surface area (Å²) >= 11 is 3.16. The summed E-state index contributed by atoms with van der Waals surface area (Å²) in [6.45, 7) is 1.73. The van der Waals surface area contributed by atoms with Gasteiger partial charge in [-0.2, -0.15) is 11.8 Å². The van der Waals surface area contributed by atoms with Gasteiger partial charge in [0.15, 0.2) is 0 Å². The highest BCUT2D eigenvalue weighted by molar-refractivity contribution is 8.00. The maximum atomic E-state index is 10.6. The zero-order chi connectivity index (χ0) is 13.0. The first kappa shape index (κ1) is 13.8. The second-order valence-electron chi connectivity index (χ2n) is 4.75. The van der Waals surface area contributed by atoms with E-state index in [4.69, 9.17) is 0 Å². The number of thioether (sulfide) groups is 1. The summed E-state index contributed by atoms with van der Waals surface area (Å²) in [5.41, 5.74) is 1.01. The molecule has 0 aromatic carbocycles. The maximum Gasteiger partial charge on any atom is 0.324 e. The van der Waals surface area contributed by atoms with Gasteiger partial charge in [0.2, 0.25) is 0 Å². The third-order valence-corrected chi connectivity index (χ3v) is 5.89. The highest BCUT2D eigenvalue weighted by Gasteiger charge is 2.32. The number of hydrogen-bond acceptors (Lipinski definition) is 5. The first-order valence-electron chi connectivity index (χ1n) is 6.13. The van der Waals surface area contributed by atoms with E-state index in [1.54, 1.807) is 6.07 Å². The summed E-state index contributed by atoms with van der Waals surface area (Å²) in [6.07, 6.45) is 7.40. The highest BCUT2D eigenvalue weighted by atomic mass is 32.2. The largest absolute Gasteiger partial charge is 0.324 e. The average molecular weight is 286 g/mol. The zero-order valence-electron chi connectivity index (χ0n) is 10.5. The Morgan fingerprint density at radius 1 is 1.56 bits per heavy atom. The van der Waals surface area contributed by atoms with Crippen LogP contribution in [0.2, 0.25) is 0 Å². The van der Waals surface area contributed by atoms with Crippen LogP contribution in [0.15, 0.2) is 11.4 Å². The third-order valence-electron chi connectivity index (χ3n) is 3.54. The Morgan fingerprint density at radius 3 is 2.83 bits per heavy atom. The molecule has 0 atom stereocenters. The predicted octanol–water partition coefficient (Wildman–Crippen LogP) is 3.42. The normalized spacial score (nSPS) is 18.1. The van der Waals surface area contributed by atoms with Gasteiger partial charge >= 0.3 is 5.00 Å². The highest BCUT2D eigenvalue weighted by Crippen LogP contribution is 2.39. The van der Waals surface area contributed by atoms with Gasteiger partial charge in [-0.25, -0.2) is 0 Å². The summed E-state index contributed by atoms with van der Waals surface area (Å²) in [4.78, 5) is 10.3. The molecule has 1 aromatic rings. The van der Waals surface area contributed by atoms with Crippen molar-refractivity contribution in [2.75, 3.05) is 12.8 Å². The van der Waals surface area contributed by atoms with Crippen LogP contribution in [-0.4, -0.2) is 22.5 Å². The first-order valence-corrected chi connectivity index (χ1v) is 8.23. The summed E-state index contributed by atoms with van der Waals surface area (Å²) in [5, 5.41) is 16.1. The van der Waals surface area contributed by atoms with E-state index in [2.05, 4.69) is 11.6 Å². The molecule has 1 heterocycles. The molecule has 18 heavy (non-hydrogen) atoms. The molecule has 1 aliphatic carbocycles. The lowest BCUT2D eigenvalue weighted by Gasteiger charge is -2.26. The second-order valence-corrected chi connectivity index (χ2v) is 6.91. The summed E-state index contributed by atoms with van der Waals surface area (Å²) in [7, 11) is 0. The summed E-state index contributed by atoms with van der Waals surface area (Å²) < 4.78 is 0.391. The van der Waals surface area contributed by atoms with Gasteiger partial charge < -0.3 is 5.32 Å². The van der Waals surface area contributed by atoms with Gasteiger partial charge in [-0.3, -0.25) is 10.1 Å². The third kappa shape index (κ3) is 3.24. The fourth-order valence-electron chi connectivity index (χ4n) is 2.46. The van der Waals surface area contributed by atoms with Gasteiger partial charge in [0.25, 0.3) is 0 Å². The Hall–Kier alpha value is -0.590. The van der Waals surface area contributed by atoms with Crippen molar-refractivity contribution >= 4 is 28.1 Å². The van der Waals surface area contributed by atoms with Gasteiger partial charge in [0.05, 0.1) is 4.92 Å². The second kappa shape index (κ2) is 6.04. The Bertz CT molecular complexity index is 414. The van der Waals surface area contributed by atoms with E-state index >= 15 is 0 Å². The van der Waals surface area contributed by atoms with E-state index in [0.717, 1.165) is 18.7 Å². The molecule has 0 radical (unpaired) electrons. The number of nitrogens with one attached hydrogen (secondary N) is 1. The molecule has 2 rings (SSSR count). The van der Waals surface area contributed by atoms with Crippen LogP contribution in [0.3, 0.4) is 0 Å². The number of thiophene rings is 1. The SMILES string of the molecule is CSC1(CNCc2csc([N+](=O)[O-])c2)CCCC1. The molecule has 0 spiro atoms. The van der Waals surface area contributed by atoms with Crippen molar-refractivity contribution < 1.29 is 4.92 Å². The van der Waals surface area contributed by atoms with Crippen molar-refractivity contribution in [3.05, 3.63) is 27.1 Å². The quantitative estimate of drug-likeness (QED) is 0.643. The summed E-state index contributed by atoms with van der Waals surface area (Å²) in [5.74, 6) is 0. The van der Waals surface area contributed by atoms with Crippen LogP contribution in [0.1, 0.15) is 31.2 Å². The fraction of sp³-hybridized carbons (Fsp3) is 0.667. The van der Waals surface area contributed by atoms with Gasteiger partial charge in [-0.15, -0.1) is 0 Å². The Balaban J connectivity index is 1.82. The average Bonchev–Trinajstić information content (AvgIpc) is 2.98. The van der Waals surface area contributed by atoms with E-state index in [1.807, 2.05) is 17.1 Å². The van der Waals surface area contributed by atoms with Gasteiger partial charge in [-0.1, -0.05) is 24.2 Å². The van der Waals surface area contributed by atoms with Gasteiger partial charge in [0, 0.05) is 29.3 Å². The molecule has 100 valence electrons. The minimum absolute atomic E-state index is 0.229. The predicted molar refractivity (Wildman–Crippen MR) is 77.4 cm³/mol. The molecule has 1 N–H and O–H groups in total. The Kier molecular flexibility index (Phi) is 4.64. The first-order chi connectivity index (χ1) is 8.65. The Labute approximate surface area is 115 Å². The lowest BCUT2D eigenvalue weighted by atomic mass is 10.1. The minimum atomic E-state index is -0.325. The van der Waals surface area contributed by atoms with Crippen molar-refractivity contribution in [1.29, 1.82) is 0 Å². The van der Waals surface area contributed by atoms with Crippen molar-refractivity contribution in [3.63, 3.8) is 0 Å². The van der Waals surface area contributed by atoms with E-state index in [1.165, 1.54) is 37.0 Å². The van der Waals surface area contributed by atoms with E-state index in [-0.39, 0.29) is 9.92 Å². The molecule has 1 aromatic heterocycles. The zero-order valence-corrected chi connectivity index (χ0v) is 12.1. The molecule has 0 bridgehead atoms. The van der Waals surface area contributed by atoms with Crippen LogP contribution in [0.4, 0.5) is 5.00 Å². The molecule has 1 aliphatic rings. The lowest BCUT2D eigenvalue weighted by Crippen LogP contribution is -2.34. The van der Waals surface area contributed by atoms with Crippen LogP contribution in [-0.2, 0) is 6.54 Å². The minimum Gasteiger partial charge on any atom is -0.311 e. The van der Waals surface area contributed by atoms with Gasteiger partial charge in [-0.05, 0) is 24.7 Å². The van der Waals surface area contributed by atoms with Crippen LogP contribution >= 0.6 is 23.1 Å². The topological polar surface area (TPSA) is 55.2 Å². The molecular weight excluding hydrogens is 268 g/mol. The van der Waals surface area contributed by atoms with Crippen molar-refractivity contribution in [2.45, 2.75) is 37.0 Å². The lowest BCUT2D eigenvalue weighted by molar-refractivity contribution is -0.380. The molecular formula is C12H18N2O2S2. The molecule has 0 unspecified atom stereocenters. The van der Waals surface area contributed by atoms with E-state index in [0.29, 0.717) is 4.75 Å². The molecule has 0 aliphatic heterocycles. The molecule has 0 amide bonds. The van der Waals surface area contributed by atoms with Crippen molar-refractivity contribution in [1.82, 2.24) is 5.32 Å². The van der Waals surface area contributed by atoms with Crippen LogP contribution in [0.5, 0.6) is 0 Å². The number of rotatable bonds is 6. The number of nitro groups is 1.